The maximum absolute atomic E-state index is 12.9. The molecule has 3 heterocycles. The first-order valence-electron chi connectivity index (χ1n) is 8.97. The van der Waals surface area contributed by atoms with Gasteiger partial charge in [-0.25, -0.2) is 0 Å². The van der Waals surface area contributed by atoms with Crippen molar-refractivity contribution in [1.29, 1.82) is 0 Å². The van der Waals surface area contributed by atoms with Crippen molar-refractivity contribution in [1.82, 2.24) is 14.7 Å². The molecule has 4 rings (SSSR count). The summed E-state index contributed by atoms with van der Waals surface area (Å²) in [6.45, 7) is 11.1. The number of carbonyl (C=O) groups excluding carboxylic acids is 1. The molecule has 0 aliphatic carbocycles. The highest BCUT2D eigenvalue weighted by molar-refractivity contribution is 5.94. The van der Waals surface area contributed by atoms with Crippen molar-refractivity contribution in [3.63, 3.8) is 0 Å². The Morgan fingerprint density at radius 3 is 2.50 bits per heavy atom. The molecule has 0 N–H and O–H groups in total. The Bertz CT molecular complexity index is 600. The molecule has 1 amide bonds. The Kier molecular flexibility index (Phi) is 4.11. The van der Waals surface area contributed by atoms with Crippen molar-refractivity contribution in [3.8, 4) is 0 Å². The lowest BCUT2D eigenvalue weighted by molar-refractivity contribution is -0.113. The highest BCUT2D eigenvalue weighted by Gasteiger charge is 2.45. The molecule has 0 bridgehead atoms. The van der Waals surface area contributed by atoms with E-state index in [-0.39, 0.29) is 11.4 Å². The third-order valence-electron chi connectivity index (χ3n) is 5.75. The minimum atomic E-state index is 0.0234. The number of carbonyl (C=O) groups is 1. The van der Waals surface area contributed by atoms with Gasteiger partial charge < -0.3 is 9.64 Å². The number of amides is 1. The average molecular weight is 329 g/mol. The summed E-state index contributed by atoms with van der Waals surface area (Å²) in [6.07, 6.45) is 0. The van der Waals surface area contributed by atoms with Crippen LogP contribution < -0.4 is 0 Å². The molecule has 3 aliphatic heterocycles. The fourth-order valence-corrected chi connectivity index (χ4v) is 4.39. The van der Waals surface area contributed by atoms with E-state index < -0.39 is 0 Å². The third-order valence-corrected chi connectivity index (χ3v) is 5.75. The summed E-state index contributed by atoms with van der Waals surface area (Å²) in [4.78, 5) is 20.1. The molecule has 3 aliphatic rings. The van der Waals surface area contributed by atoms with Gasteiger partial charge in [-0.2, -0.15) is 0 Å². The van der Waals surface area contributed by atoms with Gasteiger partial charge in [-0.3, -0.25) is 14.6 Å². The molecule has 0 radical (unpaired) electrons. The van der Waals surface area contributed by atoms with E-state index >= 15 is 0 Å². The minimum absolute atomic E-state index is 0.0234. The second-order valence-corrected chi connectivity index (χ2v) is 7.90. The highest BCUT2D eigenvalue weighted by Crippen LogP contribution is 2.30. The molecule has 0 spiro atoms. The standard InChI is InChI=1S/C19H27N3O2/c1-19(2)14-21(18(23)15-6-4-3-5-7-15)11-16-10-20(8-9-22(16)19)17-12-24-13-17/h3-7,16-17H,8-14H2,1-2H3. The summed E-state index contributed by atoms with van der Waals surface area (Å²) in [5.41, 5.74) is 0.817. The van der Waals surface area contributed by atoms with Gasteiger partial charge in [0, 0.05) is 49.9 Å². The van der Waals surface area contributed by atoms with Crippen LogP contribution in [0.15, 0.2) is 30.3 Å². The number of fused-ring (bicyclic) bond motifs is 1. The van der Waals surface area contributed by atoms with Gasteiger partial charge in [0.25, 0.3) is 5.91 Å². The Morgan fingerprint density at radius 2 is 1.83 bits per heavy atom. The van der Waals surface area contributed by atoms with Gasteiger partial charge in [0.05, 0.1) is 19.3 Å². The smallest absolute Gasteiger partial charge is 0.253 e. The lowest BCUT2D eigenvalue weighted by Gasteiger charge is -2.57. The average Bonchev–Trinajstić information content (AvgIpc) is 2.52. The summed E-state index contributed by atoms with van der Waals surface area (Å²) in [7, 11) is 0. The molecular weight excluding hydrogens is 302 g/mol. The lowest BCUT2D eigenvalue weighted by atomic mass is 9.91. The van der Waals surface area contributed by atoms with Crippen LogP contribution in [0.3, 0.4) is 0 Å². The van der Waals surface area contributed by atoms with Crippen LogP contribution in [0.2, 0.25) is 0 Å². The Balaban J connectivity index is 1.51. The fourth-order valence-electron chi connectivity index (χ4n) is 4.39. The van der Waals surface area contributed by atoms with Crippen LogP contribution in [-0.4, -0.2) is 84.2 Å². The third kappa shape index (κ3) is 2.85. The summed E-state index contributed by atoms with van der Waals surface area (Å²) in [6, 6.07) is 10.7. The zero-order valence-electron chi connectivity index (χ0n) is 14.6. The summed E-state index contributed by atoms with van der Waals surface area (Å²) in [5, 5.41) is 0. The zero-order valence-corrected chi connectivity index (χ0v) is 14.6. The van der Waals surface area contributed by atoms with Crippen molar-refractivity contribution < 1.29 is 9.53 Å². The maximum atomic E-state index is 12.9. The zero-order chi connectivity index (χ0) is 16.7. The summed E-state index contributed by atoms with van der Waals surface area (Å²) < 4.78 is 5.36. The van der Waals surface area contributed by atoms with Crippen LogP contribution in [0.4, 0.5) is 0 Å². The monoisotopic (exact) mass is 329 g/mol. The van der Waals surface area contributed by atoms with Crippen molar-refractivity contribution >= 4 is 5.91 Å². The second kappa shape index (κ2) is 6.14. The topological polar surface area (TPSA) is 36.0 Å². The van der Waals surface area contributed by atoms with Crippen molar-refractivity contribution in [2.45, 2.75) is 31.5 Å². The first-order valence-corrected chi connectivity index (χ1v) is 8.97. The van der Waals surface area contributed by atoms with Gasteiger partial charge in [0.15, 0.2) is 0 Å². The lowest BCUT2D eigenvalue weighted by Crippen LogP contribution is -2.71. The molecule has 1 unspecified atom stereocenters. The Morgan fingerprint density at radius 1 is 1.08 bits per heavy atom. The van der Waals surface area contributed by atoms with Gasteiger partial charge in [-0.15, -0.1) is 0 Å². The number of ether oxygens (including phenoxy) is 1. The molecule has 1 aromatic rings. The molecule has 0 aromatic heterocycles. The number of rotatable bonds is 2. The van der Waals surface area contributed by atoms with E-state index in [0.717, 1.165) is 51.5 Å². The van der Waals surface area contributed by atoms with E-state index in [0.29, 0.717) is 12.1 Å². The number of piperazine rings is 2. The fraction of sp³-hybridized carbons (Fsp3) is 0.632. The van der Waals surface area contributed by atoms with Crippen LogP contribution >= 0.6 is 0 Å². The van der Waals surface area contributed by atoms with Gasteiger partial charge in [0.2, 0.25) is 0 Å². The van der Waals surface area contributed by atoms with Crippen molar-refractivity contribution in [2.75, 3.05) is 45.9 Å². The van der Waals surface area contributed by atoms with Crippen molar-refractivity contribution in [3.05, 3.63) is 35.9 Å². The van der Waals surface area contributed by atoms with Crippen LogP contribution in [0, 0.1) is 0 Å². The van der Waals surface area contributed by atoms with E-state index in [1.165, 1.54) is 0 Å². The maximum Gasteiger partial charge on any atom is 0.253 e. The SMILES string of the molecule is CC1(C)CN(C(=O)c2ccccc2)CC2CN(C3COC3)CCN21. The van der Waals surface area contributed by atoms with Crippen LogP contribution in [-0.2, 0) is 4.74 Å². The van der Waals surface area contributed by atoms with Gasteiger partial charge in [-0.05, 0) is 26.0 Å². The molecule has 1 atom stereocenters. The first-order chi connectivity index (χ1) is 11.5. The van der Waals surface area contributed by atoms with Crippen LogP contribution in [0.1, 0.15) is 24.2 Å². The normalized spacial score (nSPS) is 28.2. The second-order valence-electron chi connectivity index (χ2n) is 7.90. The molecule has 1 aromatic carbocycles. The largest absolute Gasteiger partial charge is 0.378 e. The molecule has 130 valence electrons. The number of hydrogen-bond donors (Lipinski definition) is 0. The number of nitrogens with zero attached hydrogens (tertiary/aromatic N) is 3. The quantitative estimate of drug-likeness (QED) is 0.820. The van der Waals surface area contributed by atoms with E-state index in [9.17, 15) is 4.79 Å². The molecule has 3 saturated heterocycles. The van der Waals surface area contributed by atoms with E-state index in [2.05, 4.69) is 28.5 Å². The Labute approximate surface area is 144 Å². The van der Waals surface area contributed by atoms with E-state index in [4.69, 9.17) is 4.74 Å². The molecule has 0 saturated carbocycles. The number of benzene rings is 1. The molecule has 5 nitrogen and oxygen atoms in total. The van der Waals surface area contributed by atoms with Gasteiger partial charge >= 0.3 is 0 Å². The van der Waals surface area contributed by atoms with E-state index in [1.54, 1.807) is 0 Å². The first kappa shape index (κ1) is 16.1. The highest BCUT2D eigenvalue weighted by atomic mass is 16.5. The van der Waals surface area contributed by atoms with Crippen LogP contribution in [0.25, 0.3) is 0 Å². The predicted octanol–water partition coefficient (Wildman–Crippen LogP) is 1.31. The molecule has 5 heteroatoms. The molecular formula is C19H27N3O2. The van der Waals surface area contributed by atoms with Crippen LogP contribution in [0.5, 0.6) is 0 Å². The van der Waals surface area contributed by atoms with Gasteiger partial charge in [-0.1, -0.05) is 18.2 Å². The summed E-state index contributed by atoms with van der Waals surface area (Å²) in [5.74, 6) is 0.160. The Hall–Kier alpha value is -1.43. The molecule has 3 fully saturated rings. The summed E-state index contributed by atoms with van der Waals surface area (Å²) >= 11 is 0. The van der Waals surface area contributed by atoms with Crippen molar-refractivity contribution in [2.24, 2.45) is 0 Å². The number of hydrogen-bond acceptors (Lipinski definition) is 4. The molecule has 24 heavy (non-hydrogen) atoms. The van der Waals surface area contributed by atoms with E-state index in [1.807, 2.05) is 30.3 Å². The van der Waals surface area contributed by atoms with Gasteiger partial charge in [0.1, 0.15) is 0 Å². The minimum Gasteiger partial charge on any atom is -0.378 e. The predicted molar refractivity (Wildman–Crippen MR) is 93.1 cm³/mol.